The number of nitrogens with two attached hydrogens (primary N) is 1. The van der Waals surface area contributed by atoms with Crippen LogP contribution in [-0.2, 0) is 6.42 Å². The lowest BCUT2D eigenvalue weighted by Crippen LogP contribution is -2.60. The maximum atomic E-state index is 13.0. The minimum Gasteiger partial charge on any atom is -0.390 e. The molecule has 8 nitrogen and oxygen atoms in total. The van der Waals surface area contributed by atoms with Crippen LogP contribution in [0.1, 0.15) is 76.3 Å². The average Bonchev–Trinajstić information content (AvgIpc) is 3.72. The van der Waals surface area contributed by atoms with Crippen LogP contribution in [-0.4, -0.2) is 70.3 Å². The predicted molar refractivity (Wildman–Crippen MR) is 192 cm³/mol. The molecule has 13 unspecified atom stereocenters. The molecule has 1 aromatic carbocycles. The van der Waals surface area contributed by atoms with Crippen molar-refractivity contribution in [2.24, 2.45) is 63.0 Å². The van der Waals surface area contributed by atoms with E-state index in [-0.39, 0.29) is 52.8 Å². The van der Waals surface area contributed by atoms with Gasteiger partial charge in [0, 0.05) is 42.4 Å². The van der Waals surface area contributed by atoms with Gasteiger partial charge in [-0.05, 0) is 130 Å². The number of benzene rings is 1. The predicted octanol–water partition coefficient (Wildman–Crippen LogP) is 4.26. The van der Waals surface area contributed by atoms with Gasteiger partial charge in [-0.2, -0.15) is 0 Å². The molecule has 9 rings (SSSR count). The molecule has 262 valence electrons. The summed E-state index contributed by atoms with van der Waals surface area (Å²) in [6.45, 7) is 1.03. The van der Waals surface area contributed by atoms with E-state index in [0.717, 1.165) is 63.4 Å². The first-order chi connectivity index (χ1) is 23.6. The Morgan fingerprint density at radius 2 is 1.84 bits per heavy atom. The smallest absolute Gasteiger partial charge is 0.189 e. The summed E-state index contributed by atoms with van der Waals surface area (Å²) < 4.78 is 0. The first-order valence-electron chi connectivity index (χ1n) is 19.2. The summed E-state index contributed by atoms with van der Waals surface area (Å²) in [5.41, 5.74) is 7.62. The Morgan fingerprint density at radius 3 is 2.65 bits per heavy atom. The van der Waals surface area contributed by atoms with E-state index in [2.05, 4.69) is 75.9 Å². The maximum absolute atomic E-state index is 13.0. The molecule has 5 saturated carbocycles. The number of nitrogens with zero attached hydrogens (tertiary/aromatic N) is 1. The highest BCUT2D eigenvalue weighted by molar-refractivity contribution is 5.80. The van der Waals surface area contributed by atoms with Crippen LogP contribution < -0.4 is 16.4 Å². The number of allylic oxidation sites excluding steroid dienone is 2. The first-order valence-corrected chi connectivity index (χ1v) is 19.2. The third-order valence-electron chi connectivity index (χ3n) is 15.3. The number of hydrogen-bond donors (Lipinski definition) is 7. The lowest BCUT2D eigenvalue weighted by atomic mass is 9.41. The van der Waals surface area contributed by atoms with Crippen molar-refractivity contribution in [2.45, 2.75) is 100 Å². The van der Waals surface area contributed by atoms with Gasteiger partial charge in [-0.3, -0.25) is 4.99 Å². The maximum Gasteiger partial charge on any atom is 0.189 e. The van der Waals surface area contributed by atoms with Crippen molar-refractivity contribution in [3.63, 3.8) is 0 Å². The van der Waals surface area contributed by atoms with Crippen LogP contribution in [0.5, 0.6) is 0 Å². The molecule has 8 N–H and O–H groups in total. The van der Waals surface area contributed by atoms with Gasteiger partial charge in [0.15, 0.2) is 5.96 Å². The van der Waals surface area contributed by atoms with Crippen molar-refractivity contribution in [3.8, 4) is 11.8 Å². The molecule has 5 fully saturated rings. The number of hydrogen-bond acceptors (Lipinski definition) is 5. The Labute approximate surface area is 290 Å². The van der Waals surface area contributed by atoms with Crippen LogP contribution in [0.3, 0.4) is 0 Å². The fraction of sp³-hybridized carbons (Fsp3) is 0.683. The Bertz CT molecular complexity index is 1720. The number of H-pyrrole nitrogens is 1. The van der Waals surface area contributed by atoms with Gasteiger partial charge in [0.2, 0.25) is 0 Å². The third kappa shape index (κ3) is 4.54. The van der Waals surface area contributed by atoms with E-state index in [1.807, 2.05) is 0 Å². The molecular formula is C41H55N5O3. The van der Waals surface area contributed by atoms with Gasteiger partial charge in [0.25, 0.3) is 0 Å². The summed E-state index contributed by atoms with van der Waals surface area (Å²) in [5, 5.41) is 46.1. The van der Waals surface area contributed by atoms with E-state index in [9.17, 15) is 15.3 Å². The van der Waals surface area contributed by atoms with Gasteiger partial charge in [-0.1, -0.05) is 48.1 Å². The second kappa shape index (κ2) is 11.3. The van der Waals surface area contributed by atoms with Crippen LogP contribution in [0.25, 0.3) is 10.9 Å². The number of aliphatic imine (C=N–C) groups is 1. The number of guanidine groups is 1. The number of rotatable bonds is 5. The molecule has 0 saturated heterocycles. The summed E-state index contributed by atoms with van der Waals surface area (Å²) in [6.07, 6.45) is 12.6. The second-order valence-electron chi connectivity index (χ2n) is 17.4. The normalized spacial score (nSPS) is 46.7. The lowest BCUT2D eigenvalue weighted by molar-refractivity contribution is -0.150. The zero-order valence-corrected chi connectivity index (χ0v) is 29.2. The molecule has 49 heavy (non-hydrogen) atoms. The molecule has 0 aliphatic heterocycles. The van der Waals surface area contributed by atoms with Gasteiger partial charge < -0.3 is 36.7 Å². The zero-order chi connectivity index (χ0) is 33.8. The monoisotopic (exact) mass is 665 g/mol. The van der Waals surface area contributed by atoms with E-state index in [1.165, 1.54) is 29.5 Å². The Hall–Kier alpha value is -2.83. The van der Waals surface area contributed by atoms with E-state index in [1.54, 1.807) is 7.05 Å². The molecule has 2 aromatic rings. The molecular weight excluding hydrogens is 610 g/mol. The minimum atomic E-state index is -1.40. The molecule has 13 atom stereocenters. The standard InChI is InChI=1S/C41H55N5O3/c1-43-23-24-13-15-38(19-24)20-26-9-10-28(46-37(42)44-2)22-40(49)35(47)18-33-36(40)32-12-11-30-31(7-5-14-39(30,33)48)41(26,32)27(21-38)17-29-16-25-6-3-4-8-34(25)45-29/h3-4,6,8,16,21,24,26,28,30-33,35-36,43,45,47-49H,5,7,11-15,17-20,22-23H2,1-2H3,(H3,42,44,46). The Morgan fingerprint density at radius 1 is 1.00 bits per heavy atom. The van der Waals surface area contributed by atoms with Crippen LogP contribution in [0.4, 0.5) is 0 Å². The largest absolute Gasteiger partial charge is 0.390 e. The van der Waals surface area contributed by atoms with Crippen molar-refractivity contribution in [1.82, 2.24) is 15.6 Å². The molecule has 8 heteroatoms. The minimum absolute atomic E-state index is 0.0652. The molecule has 0 radical (unpaired) electrons. The highest BCUT2D eigenvalue weighted by atomic mass is 16.3. The highest BCUT2D eigenvalue weighted by Gasteiger charge is 2.75. The topological polar surface area (TPSA) is 139 Å². The van der Waals surface area contributed by atoms with E-state index in [4.69, 9.17) is 5.73 Å². The SMILES string of the molecule is CN=C(N)NC1C#CC2CC3(C=C(Cc4cc5ccccc5[nH]4)C24C2CCCC5(O)C6CC(O)C(O)(C1)C6C4CCC25)CCC(CNC)C3. The fourth-order valence-corrected chi connectivity index (χ4v) is 13.9. The van der Waals surface area contributed by atoms with Crippen molar-refractivity contribution < 1.29 is 15.3 Å². The van der Waals surface area contributed by atoms with Crippen LogP contribution in [0.15, 0.2) is 47.0 Å². The summed E-state index contributed by atoms with van der Waals surface area (Å²) in [7, 11) is 3.73. The molecule has 6 bridgehead atoms. The zero-order valence-electron chi connectivity index (χ0n) is 29.2. The number of aliphatic hydroxyl groups excluding tert-OH is 1. The number of nitrogens with one attached hydrogen (secondary N) is 3. The van der Waals surface area contributed by atoms with Gasteiger partial charge >= 0.3 is 0 Å². The van der Waals surface area contributed by atoms with Crippen molar-refractivity contribution >= 4 is 16.9 Å². The van der Waals surface area contributed by atoms with Crippen LogP contribution >= 0.6 is 0 Å². The molecule has 1 aromatic heterocycles. The number of para-hydroxylation sites is 1. The number of aromatic nitrogens is 1. The quantitative estimate of drug-likeness (QED) is 0.110. The molecule has 0 amide bonds. The summed E-state index contributed by atoms with van der Waals surface area (Å²) in [5.74, 6) is 8.81. The van der Waals surface area contributed by atoms with Gasteiger partial charge in [0.05, 0.1) is 23.3 Å². The van der Waals surface area contributed by atoms with Crippen molar-refractivity contribution in [1.29, 1.82) is 0 Å². The van der Waals surface area contributed by atoms with Crippen molar-refractivity contribution in [2.75, 3.05) is 20.6 Å². The first kappa shape index (κ1) is 32.1. The number of fused-ring (bicyclic) bond motifs is 2. The molecule has 7 aliphatic carbocycles. The van der Waals surface area contributed by atoms with Crippen molar-refractivity contribution in [3.05, 3.63) is 47.7 Å². The third-order valence-corrected chi connectivity index (χ3v) is 15.3. The molecule has 1 heterocycles. The number of aliphatic hydroxyl groups is 3. The number of aromatic amines is 1. The van der Waals surface area contributed by atoms with E-state index in [0.29, 0.717) is 18.3 Å². The summed E-state index contributed by atoms with van der Waals surface area (Å²) >= 11 is 0. The lowest BCUT2D eigenvalue weighted by Gasteiger charge is -2.63. The van der Waals surface area contributed by atoms with Gasteiger partial charge in [-0.15, -0.1) is 0 Å². The van der Waals surface area contributed by atoms with Crippen LogP contribution in [0.2, 0.25) is 0 Å². The summed E-state index contributed by atoms with van der Waals surface area (Å²) in [6, 6.07) is 10.4. The fourth-order valence-electron chi connectivity index (χ4n) is 13.9. The van der Waals surface area contributed by atoms with E-state index < -0.39 is 23.3 Å². The summed E-state index contributed by atoms with van der Waals surface area (Å²) in [4.78, 5) is 7.99. The average molecular weight is 666 g/mol. The van der Waals surface area contributed by atoms with Crippen LogP contribution in [0, 0.1) is 64.1 Å². The molecule has 2 spiro atoms. The van der Waals surface area contributed by atoms with Gasteiger partial charge in [-0.25, -0.2) is 0 Å². The van der Waals surface area contributed by atoms with E-state index >= 15 is 0 Å². The second-order valence-corrected chi connectivity index (χ2v) is 17.4. The Balaban J connectivity index is 1.29. The van der Waals surface area contributed by atoms with Gasteiger partial charge in [0.1, 0.15) is 0 Å². The highest BCUT2D eigenvalue weighted by Crippen LogP contribution is 2.76. The Kier molecular flexibility index (Phi) is 7.43. The molecule has 7 aliphatic rings.